The Morgan fingerprint density at radius 1 is 1.40 bits per heavy atom. The van der Waals surface area contributed by atoms with E-state index in [4.69, 9.17) is 5.11 Å². The molecule has 1 aliphatic rings. The van der Waals surface area contributed by atoms with Crippen LogP contribution in [-0.2, 0) is 4.79 Å². The first-order valence-electron chi connectivity index (χ1n) is 6.64. The van der Waals surface area contributed by atoms with Crippen molar-refractivity contribution in [2.75, 3.05) is 32.1 Å². The van der Waals surface area contributed by atoms with Gasteiger partial charge in [-0.3, -0.25) is 9.59 Å². The summed E-state index contributed by atoms with van der Waals surface area (Å²) in [7, 11) is 3.39. The minimum absolute atomic E-state index is 0.0916. The summed E-state index contributed by atoms with van der Waals surface area (Å²) in [4.78, 5) is 30.6. The van der Waals surface area contributed by atoms with Gasteiger partial charge in [0, 0.05) is 33.4 Å². The zero-order chi connectivity index (χ0) is 14.7. The number of nitrogens with zero attached hydrogens (tertiary/aromatic N) is 3. The fourth-order valence-corrected chi connectivity index (χ4v) is 2.34. The number of carbonyl (C=O) groups is 2. The van der Waals surface area contributed by atoms with Gasteiger partial charge in [0.05, 0.1) is 11.5 Å². The molecule has 2 rings (SSSR count). The van der Waals surface area contributed by atoms with E-state index in [0.29, 0.717) is 18.5 Å². The van der Waals surface area contributed by atoms with Crippen molar-refractivity contribution in [3.63, 3.8) is 0 Å². The Morgan fingerprint density at radius 3 is 2.70 bits per heavy atom. The van der Waals surface area contributed by atoms with Crippen LogP contribution in [-0.4, -0.2) is 54.1 Å². The number of aliphatic carboxylic acids is 1. The van der Waals surface area contributed by atoms with Crippen molar-refractivity contribution in [2.24, 2.45) is 5.92 Å². The lowest BCUT2D eigenvalue weighted by molar-refractivity contribution is -0.141. The highest BCUT2D eigenvalue weighted by atomic mass is 16.4. The normalized spacial score (nSPS) is 18.7. The molecule has 6 nitrogen and oxygen atoms in total. The zero-order valence-electron chi connectivity index (χ0n) is 11.7. The van der Waals surface area contributed by atoms with Crippen LogP contribution >= 0.6 is 0 Å². The van der Waals surface area contributed by atoms with E-state index in [0.717, 1.165) is 18.8 Å². The summed E-state index contributed by atoms with van der Waals surface area (Å²) in [5.74, 6) is -0.458. The van der Waals surface area contributed by atoms with E-state index >= 15 is 0 Å². The van der Waals surface area contributed by atoms with Crippen LogP contribution < -0.4 is 4.90 Å². The predicted octanol–water partition coefficient (Wildman–Crippen LogP) is 1.08. The summed E-state index contributed by atoms with van der Waals surface area (Å²) in [5.41, 5.74) is 0.533. The van der Waals surface area contributed by atoms with Crippen LogP contribution in [0, 0.1) is 5.92 Å². The first-order valence-corrected chi connectivity index (χ1v) is 6.64. The summed E-state index contributed by atoms with van der Waals surface area (Å²) >= 11 is 0. The Hall–Kier alpha value is -2.11. The minimum atomic E-state index is -0.755. The number of anilines is 1. The van der Waals surface area contributed by atoms with Crippen LogP contribution in [0.25, 0.3) is 0 Å². The molecule has 1 aromatic rings. The molecule has 0 aliphatic carbocycles. The van der Waals surface area contributed by atoms with E-state index in [9.17, 15) is 9.59 Å². The predicted molar refractivity (Wildman–Crippen MR) is 74.8 cm³/mol. The quantitative estimate of drug-likeness (QED) is 0.895. The van der Waals surface area contributed by atoms with E-state index in [-0.39, 0.29) is 11.8 Å². The monoisotopic (exact) mass is 277 g/mol. The van der Waals surface area contributed by atoms with Gasteiger partial charge in [0.15, 0.2) is 0 Å². The van der Waals surface area contributed by atoms with Crippen LogP contribution in [0.3, 0.4) is 0 Å². The number of amides is 1. The van der Waals surface area contributed by atoms with Crippen molar-refractivity contribution in [3.8, 4) is 0 Å². The molecule has 1 fully saturated rings. The third-order valence-corrected chi connectivity index (χ3v) is 3.50. The molecule has 1 amide bonds. The summed E-state index contributed by atoms with van der Waals surface area (Å²) in [6, 6.07) is 3.51. The number of carboxylic acids is 1. The van der Waals surface area contributed by atoms with Gasteiger partial charge in [-0.1, -0.05) is 0 Å². The van der Waals surface area contributed by atoms with Crippen LogP contribution in [0.1, 0.15) is 23.2 Å². The molecule has 0 bridgehead atoms. The largest absolute Gasteiger partial charge is 0.481 e. The van der Waals surface area contributed by atoms with E-state index in [1.165, 1.54) is 4.90 Å². The van der Waals surface area contributed by atoms with Gasteiger partial charge >= 0.3 is 5.97 Å². The number of pyridine rings is 1. The van der Waals surface area contributed by atoms with Gasteiger partial charge in [-0.2, -0.15) is 0 Å². The molecule has 0 spiro atoms. The van der Waals surface area contributed by atoms with E-state index < -0.39 is 5.97 Å². The van der Waals surface area contributed by atoms with Crippen LogP contribution in [0.2, 0.25) is 0 Å². The molecule has 1 aromatic heterocycles. The number of piperidine rings is 1. The molecular weight excluding hydrogens is 258 g/mol. The molecule has 1 atom stereocenters. The SMILES string of the molecule is CN(C)C(=O)c1ccc(N2CCCC(C(=O)O)C2)nc1. The lowest BCUT2D eigenvalue weighted by atomic mass is 9.98. The zero-order valence-corrected chi connectivity index (χ0v) is 11.7. The number of hydrogen-bond donors (Lipinski definition) is 1. The summed E-state index contributed by atoms with van der Waals surface area (Å²) in [5, 5.41) is 9.08. The number of rotatable bonds is 3. The number of carboxylic acid groups (broad SMARTS) is 1. The van der Waals surface area contributed by atoms with Crippen LogP contribution in [0.5, 0.6) is 0 Å². The van der Waals surface area contributed by atoms with Crippen molar-refractivity contribution < 1.29 is 14.7 Å². The molecule has 1 saturated heterocycles. The van der Waals surface area contributed by atoms with E-state index in [2.05, 4.69) is 4.98 Å². The average molecular weight is 277 g/mol. The highest BCUT2D eigenvalue weighted by Gasteiger charge is 2.26. The van der Waals surface area contributed by atoms with Crippen molar-refractivity contribution in [3.05, 3.63) is 23.9 Å². The van der Waals surface area contributed by atoms with Crippen LogP contribution in [0.15, 0.2) is 18.3 Å². The number of hydrogen-bond acceptors (Lipinski definition) is 4. The summed E-state index contributed by atoms with van der Waals surface area (Å²) < 4.78 is 0. The fraction of sp³-hybridized carbons (Fsp3) is 0.500. The third kappa shape index (κ3) is 3.07. The lowest BCUT2D eigenvalue weighted by Crippen LogP contribution is -2.39. The Bertz CT molecular complexity index is 499. The molecule has 0 radical (unpaired) electrons. The summed E-state index contributed by atoms with van der Waals surface area (Å²) in [6.07, 6.45) is 3.10. The standard InChI is InChI=1S/C14H19N3O3/c1-16(2)13(18)10-5-6-12(15-8-10)17-7-3-4-11(9-17)14(19)20/h5-6,8,11H,3-4,7,9H2,1-2H3,(H,19,20). The molecule has 1 aliphatic heterocycles. The van der Waals surface area contributed by atoms with Gasteiger partial charge in [-0.05, 0) is 25.0 Å². The van der Waals surface area contributed by atoms with E-state index in [1.54, 1.807) is 32.4 Å². The Labute approximate surface area is 118 Å². The van der Waals surface area contributed by atoms with Crippen molar-refractivity contribution in [2.45, 2.75) is 12.8 Å². The topological polar surface area (TPSA) is 73.7 Å². The molecule has 2 heterocycles. The van der Waals surface area contributed by atoms with Crippen molar-refractivity contribution in [1.29, 1.82) is 0 Å². The van der Waals surface area contributed by atoms with E-state index in [1.807, 2.05) is 4.90 Å². The van der Waals surface area contributed by atoms with Crippen LogP contribution in [0.4, 0.5) is 5.82 Å². The maximum absolute atomic E-state index is 11.8. The van der Waals surface area contributed by atoms with Gasteiger partial charge < -0.3 is 14.9 Å². The van der Waals surface area contributed by atoms with Crippen molar-refractivity contribution >= 4 is 17.7 Å². The fourth-order valence-electron chi connectivity index (χ4n) is 2.34. The maximum Gasteiger partial charge on any atom is 0.308 e. The van der Waals surface area contributed by atoms with Gasteiger partial charge in [0.1, 0.15) is 5.82 Å². The average Bonchev–Trinajstić information content (AvgIpc) is 2.46. The highest BCUT2D eigenvalue weighted by molar-refractivity contribution is 5.93. The smallest absolute Gasteiger partial charge is 0.308 e. The molecule has 0 saturated carbocycles. The van der Waals surface area contributed by atoms with Gasteiger partial charge in [-0.15, -0.1) is 0 Å². The number of aromatic nitrogens is 1. The Balaban J connectivity index is 2.10. The molecule has 1 N–H and O–H groups in total. The highest BCUT2D eigenvalue weighted by Crippen LogP contribution is 2.22. The minimum Gasteiger partial charge on any atom is -0.481 e. The number of carbonyl (C=O) groups excluding carboxylic acids is 1. The lowest BCUT2D eigenvalue weighted by Gasteiger charge is -2.31. The molecule has 0 aromatic carbocycles. The van der Waals surface area contributed by atoms with Gasteiger partial charge in [0.2, 0.25) is 0 Å². The van der Waals surface area contributed by atoms with Gasteiger partial charge in [0.25, 0.3) is 5.91 Å². The van der Waals surface area contributed by atoms with Crippen molar-refractivity contribution in [1.82, 2.24) is 9.88 Å². The van der Waals surface area contributed by atoms with Gasteiger partial charge in [-0.25, -0.2) is 4.98 Å². The molecule has 20 heavy (non-hydrogen) atoms. The first kappa shape index (κ1) is 14.3. The molecular formula is C14H19N3O3. The molecule has 108 valence electrons. The molecule has 1 unspecified atom stereocenters. The molecule has 6 heteroatoms. The Kier molecular flexibility index (Phi) is 4.22. The Morgan fingerprint density at radius 2 is 2.15 bits per heavy atom. The summed E-state index contributed by atoms with van der Waals surface area (Å²) in [6.45, 7) is 1.28. The first-order chi connectivity index (χ1) is 9.49. The second-order valence-electron chi connectivity index (χ2n) is 5.23. The third-order valence-electron chi connectivity index (χ3n) is 3.50. The maximum atomic E-state index is 11.8. The second-order valence-corrected chi connectivity index (χ2v) is 5.23. The second kappa shape index (κ2) is 5.90.